The summed E-state index contributed by atoms with van der Waals surface area (Å²) in [4.78, 5) is 7.27. The van der Waals surface area contributed by atoms with Gasteiger partial charge in [0.2, 0.25) is 0 Å². The molecule has 1 aromatic heterocycles. The fourth-order valence-corrected chi connectivity index (χ4v) is 3.82. The van der Waals surface area contributed by atoms with Crippen LogP contribution in [0.4, 0.5) is 5.69 Å². The van der Waals surface area contributed by atoms with E-state index in [0.717, 1.165) is 59.3 Å². The highest BCUT2D eigenvalue weighted by atomic mass is 35.5. The fraction of sp³-hybridized carbons (Fsp3) is 0.458. The second-order valence-electron chi connectivity index (χ2n) is 7.98. The van der Waals surface area contributed by atoms with E-state index in [1.165, 1.54) is 6.42 Å². The summed E-state index contributed by atoms with van der Waals surface area (Å²) in [6, 6.07) is 12.3. The van der Waals surface area contributed by atoms with Crippen LogP contribution in [0, 0.1) is 0 Å². The number of aromatic nitrogens is 1. The summed E-state index contributed by atoms with van der Waals surface area (Å²) in [7, 11) is -1.97. The predicted octanol–water partition coefficient (Wildman–Crippen LogP) is 5.48. The Labute approximate surface area is 201 Å². The smallest absolute Gasteiger partial charge is 0.261 e. The number of anilines is 1. The third kappa shape index (κ3) is 8.62. The van der Waals surface area contributed by atoms with Crippen LogP contribution in [-0.2, 0) is 10.1 Å². The molecule has 0 aliphatic carbocycles. The number of hydrogen-bond acceptors (Lipinski definition) is 6. The van der Waals surface area contributed by atoms with Crippen molar-refractivity contribution in [1.29, 1.82) is 0 Å². The first-order valence-corrected chi connectivity index (χ1v) is 13.3. The van der Waals surface area contributed by atoms with Crippen molar-refractivity contribution in [2.75, 3.05) is 38.3 Å². The number of halogens is 1. The molecule has 0 aliphatic rings. The van der Waals surface area contributed by atoms with Gasteiger partial charge in [0.25, 0.3) is 10.1 Å². The van der Waals surface area contributed by atoms with E-state index in [1.807, 2.05) is 24.3 Å². The minimum Gasteiger partial charge on any atom is -0.497 e. The summed E-state index contributed by atoms with van der Waals surface area (Å²) in [5.41, 5.74) is 2.95. The number of pyridine rings is 1. The van der Waals surface area contributed by atoms with Crippen molar-refractivity contribution in [2.24, 2.45) is 0 Å². The van der Waals surface area contributed by atoms with Crippen LogP contribution in [0.1, 0.15) is 33.6 Å². The average Bonchev–Trinajstić information content (AvgIpc) is 2.75. The molecule has 0 spiro atoms. The number of methoxy groups -OCH3 is 1. The van der Waals surface area contributed by atoms with Gasteiger partial charge in [0.1, 0.15) is 5.75 Å². The van der Waals surface area contributed by atoms with Crippen molar-refractivity contribution in [3.63, 3.8) is 0 Å². The lowest BCUT2D eigenvalue weighted by Gasteiger charge is -2.22. The van der Waals surface area contributed by atoms with Crippen molar-refractivity contribution in [2.45, 2.75) is 39.7 Å². The van der Waals surface area contributed by atoms with Crippen LogP contribution in [-0.4, -0.2) is 61.9 Å². The molecule has 1 atom stereocenters. The Morgan fingerprint density at radius 2 is 1.79 bits per heavy atom. The molecule has 7 nitrogen and oxygen atoms in total. The van der Waals surface area contributed by atoms with Gasteiger partial charge in [-0.25, -0.2) is 4.98 Å². The summed E-state index contributed by atoms with van der Waals surface area (Å²) in [6.45, 7) is 10.0. The summed E-state index contributed by atoms with van der Waals surface area (Å²) in [6.07, 6.45) is 3.00. The molecule has 182 valence electrons. The van der Waals surface area contributed by atoms with Crippen molar-refractivity contribution in [3.05, 3.63) is 41.4 Å². The van der Waals surface area contributed by atoms with E-state index < -0.39 is 10.1 Å². The summed E-state index contributed by atoms with van der Waals surface area (Å²) in [5.74, 6) is 0.833. The van der Waals surface area contributed by atoms with E-state index in [4.69, 9.17) is 25.9 Å². The molecule has 0 aliphatic heterocycles. The number of hydrogen-bond donors (Lipinski definition) is 2. The van der Waals surface area contributed by atoms with Gasteiger partial charge in [-0.1, -0.05) is 25.4 Å². The number of rotatable bonds is 9. The van der Waals surface area contributed by atoms with Crippen molar-refractivity contribution >= 4 is 49.2 Å². The lowest BCUT2D eigenvalue weighted by molar-refractivity contribution is 0.295. The standard InChI is InChI=1S/C23H30ClN3O.CH4O3S/c1-5-27(6-2)13-7-8-16(3)25-23-19-11-9-17(24)14-22(19)26-21-12-10-18(28-4)15-20(21)23;1-5(2,3)4/h9-12,14-16H,5-8,13H2,1-4H3,(H,25,26);1H3,(H,2,3,4). The van der Waals surface area contributed by atoms with Gasteiger partial charge in [-0.3, -0.25) is 4.55 Å². The molecule has 9 heteroatoms. The zero-order valence-corrected chi connectivity index (χ0v) is 21.5. The van der Waals surface area contributed by atoms with Crippen LogP contribution in [0.25, 0.3) is 21.8 Å². The highest BCUT2D eigenvalue weighted by Crippen LogP contribution is 2.34. The van der Waals surface area contributed by atoms with Crippen LogP contribution in [0.15, 0.2) is 36.4 Å². The molecular weight excluding hydrogens is 462 g/mol. The monoisotopic (exact) mass is 495 g/mol. The van der Waals surface area contributed by atoms with Crippen LogP contribution >= 0.6 is 11.6 Å². The average molecular weight is 496 g/mol. The van der Waals surface area contributed by atoms with Gasteiger partial charge < -0.3 is 15.0 Å². The summed E-state index contributed by atoms with van der Waals surface area (Å²) in [5, 5.41) is 6.61. The van der Waals surface area contributed by atoms with E-state index in [0.29, 0.717) is 17.3 Å². The van der Waals surface area contributed by atoms with E-state index in [1.54, 1.807) is 7.11 Å². The van der Waals surface area contributed by atoms with E-state index in [-0.39, 0.29) is 0 Å². The van der Waals surface area contributed by atoms with Gasteiger partial charge in [-0.2, -0.15) is 8.42 Å². The van der Waals surface area contributed by atoms with E-state index in [9.17, 15) is 8.42 Å². The molecule has 2 aromatic carbocycles. The molecule has 3 rings (SSSR count). The first-order chi connectivity index (χ1) is 15.5. The quantitative estimate of drug-likeness (QED) is 0.300. The number of benzene rings is 2. The molecule has 1 heterocycles. The maximum atomic E-state index is 9.19. The minimum atomic E-state index is -3.67. The first kappa shape index (κ1) is 27.1. The van der Waals surface area contributed by atoms with Gasteiger partial charge in [0, 0.05) is 21.8 Å². The van der Waals surface area contributed by atoms with Crippen molar-refractivity contribution in [3.8, 4) is 5.75 Å². The Bertz CT molecular complexity index is 1160. The highest BCUT2D eigenvalue weighted by molar-refractivity contribution is 7.85. The fourth-order valence-electron chi connectivity index (χ4n) is 3.66. The molecule has 1 unspecified atom stereocenters. The number of nitrogens with one attached hydrogen (secondary N) is 1. The minimum absolute atomic E-state index is 0.353. The Morgan fingerprint density at radius 3 is 2.39 bits per heavy atom. The molecule has 33 heavy (non-hydrogen) atoms. The van der Waals surface area contributed by atoms with Crippen LogP contribution in [0.2, 0.25) is 5.02 Å². The lowest BCUT2D eigenvalue weighted by atomic mass is 10.1. The zero-order chi connectivity index (χ0) is 24.6. The molecule has 3 aromatic rings. The highest BCUT2D eigenvalue weighted by Gasteiger charge is 2.13. The van der Waals surface area contributed by atoms with Gasteiger partial charge in [-0.05, 0) is 75.8 Å². The molecule has 0 bridgehead atoms. The Hall–Kier alpha value is -2.13. The van der Waals surface area contributed by atoms with Crippen LogP contribution in [0.3, 0.4) is 0 Å². The first-order valence-electron chi connectivity index (χ1n) is 11.0. The zero-order valence-electron chi connectivity index (χ0n) is 19.9. The maximum absolute atomic E-state index is 9.19. The SMILES string of the molecule is CCN(CC)CCCC(C)Nc1c2ccc(Cl)cc2nc2ccc(OC)cc12.CS(=O)(=O)O. The van der Waals surface area contributed by atoms with Crippen molar-refractivity contribution < 1.29 is 17.7 Å². The number of nitrogens with zero attached hydrogens (tertiary/aromatic N) is 2. The van der Waals surface area contributed by atoms with Crippen molar-refractivity contribution in [1.82, 2.24) is 9.88 Å². The second-order valence-corrected chi connectivity index (χ2v) is 9.88. The third-order valence-electron chi connectivity index (χ3n) is 5.34. The number of fused-ring (bicyclic) bond motifs is 2. The Balaban J connectivity index is 0.000000696. The predicted molar refractivity (Wildman–Crippen MR) is 138 cm³/mol. The summed E-state index contributed by atoms with van der Waals surface area (Å²) < 4.78 is 31.3. The third-order valence-corrected chi connectivity index (χ3v) is 5.57. The van der Waals surface area contributed by atoms with Crippen LogP contribution in [0.5, 0.6) is 5.75 Å². The second kappa shape index (κ2) is 12.4. The van der Waals surface area contributed by atoms with Crippen LogP contribution < -0.4 is 10.1 Å². The maximum Gasteiger partial charge on any atom is 0.261 e. The molecule has 0 fully saturated rings. The number of ether oxygens (including phenoxy) is 1. The van der Waals surface area contributed by atoms with Gasteiger partial charge in [0.15, 0.2) is 0 Å². The molecule has 0 amide bonds. The summed E-state index contributed by atoms with van der Waals surface area (Å²) >= 11 is 6.22. The molecule has 0 radical (unpaired) electrons. The largest absolute Gasteiger partial charge is 0.497 e. The molecule has 2 N–H and O–H groups in total. The lowest BCUT2D eigenvalue weighted by Crippen LogP contribution is -2.25. The Kier molecular flexibility index (Phi) is 10.2. The van der Waals surface area contributed by atoms with Gasteiger partial charge in [-0.15, -0.1) is 0 Å². The topological polar surface area (TPSA) is 91.8 Å². The van der Waals surface area contributed by atoms with Gasteiger partial charge >= 0.3 is 0 Å². The Morgan fingerprint density at radius 1 is 1.12 bits per heavy atom. The molecule has 0 saturated heterocycles. The molecule has 0 saturated carbocycles. The molecular formula is C24H34ClN3O4S. The normalized spacial score (nSPS) is 12.5. The van der Waals surface area contributed by atoms with Gasteiger partial charge in [0.05, 0.1) is 30.1 Å². The van der Waals surface area contributed by atoms with E-state index in [2.05, 4.69) is 43.1 Å². The van der Waals surface area contributed by atoms with E-state index >= 15 is 0 Å².